The predicted molar refractivity (Wildman–Crippen MR) is 67.3 cm³/mol. The van der Waals surface area contributed by atoms with Crippen molar-refractivity contribution in [2.24, 2.45) is 0 Å². The summed E-state index contributed by atoms with van der Waals surface area (Å²) in [6.07, 6.45) is 1.21. The van der Waals surface area contributed by atoms with E-state index in [1.807, 2.05) is 0 Å². The van der Waals surface area contributed by atoms with Crippen LogP contribution in [0.2, 0.25) is 0 Å². The maximum absolute atomic E-state index is 10.8. The highest BCUT2D eigenvalue weighted by Gasteiger charge is 2.13. The molecule has 1 N–H and O–H groups in total. The van der Waals surface area contributed by atoms with Gasteiger partial charge in [-0.25, -0.2) is 4.79 Å². The summed E-state index contributed by atoms with van der Waals surface area (Å²) >= 11 is 0. The number of nitrogens with zero attached hydrogens (tertiary/aromatic N) is 1. The molecule has 0 saturated heterocycles. The Bertz CT molecular complexity index is 557. The molecule has 1 rings (SSSR count). The minimum absolute atomic E-state index is 0.381. The summed E-state index contributed by atoms with van der Waals surface area (Å²) in [7, 11) is 4.37. The zero-order valence-corrected chi connectivity index (χ0v) is 10.8. The lowest BCUT2D eigenvalue weighted by Crippen LogP contribution is -1.99. The Hall–Kier alpha value is -2.68. The fraction of sp³-hybridized carbons (Fsp3) is 0.231. The molecular formula is C13H13NO5. The van der Waals surface area contributed by atoms with Crippen LogP contribution < -0.4 is 14.2 Å². The number of nitriles is 1. The highest BCUT2D eigenvalue weighted by Crippen LogP contribution is 2.35. The largest absolute Gasteiger partial charge is 0.496 e. The number of benzene rings is 1. The van der Waals surface area contributed by atoms with Gasteiger partial charge in [0, 0.05) is 11.6 Å². The van der Waals surface area contributed by atoms with Gasteiger partial charge in [-0.1, -0.05) is 0 Å². The number of hydrogen-bond donors (Lipinski definition) is 1. The quantitative estimate of drug-likeness (QED) is 0.642. The summed E-state index contributed by atoms with van der Waals surface area (Å²) in [4.78, 5) is 10.8. The van der Waals surface area contributed by atoms with Gasteiger partial charge in [-0.2, -0.15) is 5.26 Å². The van der Waals surface area contributed by atoms with Gasteiger partial charge in [0.1, 0.15) is 17.4 Å². The molecule has 0 saturated carbocycles. The van der Waals surface area contributed by atoms with Gasteiger partial charge in [0.25, 0.3) is 0 Å². The van der Waals surface area contributed by atoms with E-state index in [0.29, 0.717) is 22.8 Å². The van der Waals surface area contributed by atoms with Gasteiger partial charge in [0.15, 0.2) is 11.5 Å². The number of hydrogen-bond acceptors (Lipinski definition) is 5. The van der Waals surface area contributed by atoms with Crippen LogP contribution in [-0.2, 0) is 4.79 Å². The molecule has 0 aromatic heterocycles. The Labute approximate surface area is 110 Å². The molecule has 0 unspecified atom stereocenters. The molecule has 0 atom stereocenters. The first-order chi connectivity index (χ1) is 9.07. The Morgan fingerprint density at radius 3 is 2.11 bits per heavy atom. The monoisotopic (exact) mass is 263 g/mol. The number of carboxylic acids is 1. The average molecular weight is 263 g/mol. The summed E-state index contributed by atoms with van der Waals surface area (Å²) < 4.78 is 15.3. The van der Waals surface area contributed by atoms with Crippen molar-refractivity contribution in [3.63, 3.8) is 0 Å². The van der Waals surface area contributed by atoms with Crippen molar-refractivity contribution in [1.82, 2.24) is 0 Å². The first-order valence-corrected chi connectivity index (χ1v) is 5.22. The molecule has 0 heterocycles. The smallest absolute Gasteiger partial charge is 0.346 e. The molecule has 0 fully saturated rings. The Kier molecular flexibility index (Phi) is 4.77. The molecule has 0 spiro atoms. The van der Waals surface area contributed by atoms with E-state index in [4.69, 9.17) is 24.6 Å². The minimum Gasteiger partial charge on any atom is -0.496 e. The summed E-state index contributed by atoms with van der Waals surface area (Å²) in [6, 6.07) is 4.70. The van der Waals surface area contributed by atoms with Crippen LogP contribution in [-0.4, -0.2) is 32.4 Å². The van der Waals surface area contributed by atoms with E-state index in [0.717, 1.165) is 0 Å². The molecule has 100 valence electrons. The van der Waals surface area contributed by atoms with Gasteiger partial charge < -0.3 is 19.3 Å². The fourth-order valence-electron chi connectivity index (χ4n) is 1.46. The van der Waals surface area contributed by atoms with Crippen molar-refractivity contribution in [3.8, 4) is 23.3 Å². The van der Waals surface area contributed by atoms with E-state index < -0.39 is 11.5 Å². The van der Waals surface area contributed by atoms with Crippen LogP contribution in [0.15, 0.2) is 17.7 Å². The molecule has 0 aliphatic carbocycles. The van der Waals surface area contributed by atoms with Gasteiger partial charge in [0.05, 0.1) is 21.3 Å². The Balaban J connectivity index is 3.42. The van der Waals surface area contributed by atoms with Crippen LogP contribution in [0, 0.1) is 11.3 Å². The Morgan fingerprint density at radius 2 is 1.68 bits per heavy atom. The van der Waals surface area contributed by atoms with E-state index in [9.17, 15) is 4.79 Å². The van der Waals surface area contributed by atoms with Crippen molar-refractivity contribution in [1.29, 1.82) is 5.26 Å². The van der Waals surface area contributed by atoms with Gasteiger partial charge in [-0.3, -0.25) is 0 Å². The lowest BCUT2D eigenvalue weighted by molar-refractivity contribution is -0.132. The number of methoxy groups -OCH3 is 3. The standard InChI is InChI=1S/C13H13NO5/c1-17-10-6-12(19-3)11(18-2)5-8(10)4-9(7-14)13(15)16/h4-6H,1-3H3,(H,15,16). The zero-order valence-electron chi connectivity index (χ0n) is 10.8. The lowest BCUT2D eigenvalue weighted by Gasteiger charge is -2.12. The second-order valence-electron chi connectivity index (χ2n) is 3.42. The molecular weight excluding hydrogens is 250 g/mol. The summed E-state index contributed by atoms with van der Waals surface area (Å²) in [5.41, 5.74) is 0.0182. The van der Waals surface area contributed by atoms with Crippen molar-refractivity contribution in [3.05, 3.63) is 23.3 Å². The molecule has 6 heteroatoms. The highest BCUT2D eigenvalue weighted by atomic mass is 16.5. The van der Waals surface area contributed by atoms with Crippen molar-refractivity contribution < 1.29 is 24.1 Å². The van der Waals surface area contributed by atoms with Gasteiger partial charge >= 0.3 is 5.97 Å². The normalized spacial score (nSPS) is 10.5. The second kappa shape index (κ2) is 6.31. The number of carbonyl (C=O) groups is 1. The molecule has 1 aromatic carbocycles. The van der Waals surface area contributed by atoms with Crippen LogP contribution >= 0.6 is 0 Å². The molecule has 0 bridgehead atoms. The topological polar surface area (TPSA) is 88.8 Å². The molecule has 19 heavy (non-hydrogen) atoms. The highest BCUT2D eigenvalue weighted by molar-refractivity contribution is 5.97. The minimum atomic E-state index is -1.31. The van der Waals surface area contributed by atoms with E-state index in [2.05, 4.69) is 0 Å². The molecule has 1 aromatic rings. The van der Waals surface area contributed by atoms with Crippen molar-refractivity contribution in [2.75, 3.05) is 21.3 Å². The zero-order chi connectivity index (χ0) is 14.4. The number of ether oxygens (including phenoxy) is 3. The fourth-order valence-corrected chi connectivity index (χ4v) is 1.46. The summed E-state index contributed by atoms with van der Waals surface area (Å²) in [5.74, 6) is -0.0615. The van der Waals surface area contributed by atoms with Gasteiger partial charge in [0.2, 0.25) is 0 Å². The average Bonchev–Trinajstić information content (AvgIpc) is 2.43. The van der Waals surface area contributed by atoms with Crippen molar-refractivity contribution in [2.45, 2.75) is 0 Å². The first kappa shape index (κ1) is 14.4. The third kappa shape index (κ3) is 3.16. The maximum atomic E-state index is 10.8. The van der Waals surface area contributed by atoms with Crippen LogP contribution in [0.3, 0.4) is 0 Å². The number of carboxylic acid groups (broad SMARTS) is 1. The number of rotatable bonds is 5. The molecule has 0 radical (unpaired) electrons. The predicted octanol–water partition coefficient (Wildman–Crippen LogP) is 1.70. The first-order valence-electron chi connectivity index (χ1n) is 5.22. The van der Waals surface area contributed by atoms with Crippen LogP contribution in [0.5, 0.6) is 17.2 Å². The Morgan fingerprint density at radius 1 is 1.16 bits per heavy atom. The molecule has 6 nitrogen and oxygen atoms in total. The molecule has 0 aliphatic rings. The summed E-state index contributed by atoms with van der Waals surface area (Å²) in [6.45, 7) is 0. The third-order valence-electron chi connectivity index (χ3n) is 2.39. The molecule has 0 amide bonds. The van der Waals surface area contributed by atoms with E-state index in [1.165, 1.54) is 33.5 Å². The van der Waals surface area contributed by atoms with Crippen LogP contribution in [0.4, 0.5) is 0 Å². The summed E-state index contributed by atoms with van der Waals surface area (Å²) in [5, 5.41) is 17.6. The maximum Gasteiger partial charge on any atom is 0.346 e. The SMILES string of the molecule is COc1cc(OC)c(OC)cc1C=C(C#N)C(=O)O. The van der Waals surface area contributed by atoms with Crippen molar-refractivity contribution >= 4 is 12.0 Å². The van der Waals surface area contributed by atoms with Crippen LogP contribution in [0.1, 0.15) is 5.56 Å². The number of aliphatic carboxylic acids is 1. The van der Waals surface area contributed by atoms with E-state index in [-0.39, 0.29) is 0 Å². The van der Waals surface area contributed by atoms with E-state index in [1.54, 1.807) is 12.1 Å². The third-order valence-corrected chi connectivity index (χ3v) is 2.39. The molecule has 0 aliphatic heterocycles. The second-order valence-corrected chi connectivity index (χ2v) is 3.42. The van der Waals surface area contributed by atoms with Gasteiger partial charge in [-0.05, 0) is 12.1 Å². The van der Waals surface area contributed by atoms with E-state index >= 15 is 0 Å². The van der Waals surface area contributed by atoms with Crippen LogP contribution in [0.25, 0.3) is 6.08 Å². The van der Waals surface area contributed by atoms with Gasteiger partial charge in [-0.15, -0.1) is 0 Å². The lowest BCUT2D eigenvalue weighted by atomic mass is 10.1.